The Balaban J connectivity index is 3.14. The molecule has 3 heteroatoms. The van der Waals surface area contributed by atoms with Crippen molar-refractivity contribution >= 4 is 17.3 Å². The summed E-state index contributed by atoms with van der Waals surface area (Å²) in [5, 5.41) is 11.7. The van der Waals surface area contributed by atoms with Crippen molar-refractivity contribution in [3.8, 4) is 6.07 Å². The molecule has 0 aliphatic carbocycles. The second-order valence-electron chi connectivity index (χ2n) is 2.42. The number of halogens is 1. The molecule has 0 amide bonds. The fraction of sp³-hybridized carbons (Fsp3) is 0.100. The summed E-state index contributed by atoms with van der Waals surface area (Å²) in [4.78, 5) is 0. The SMILES string of the molecule is CN/C(=C(/Cl)C#N)c1ccccc1. The molecule has 0 radical (unpaired) electrons. The van der Waals surface area contributed by atoms with Gasteiger partial charge in [-0.05, 0) is 5.56 Å². The number of allylic oxidation sites excluding steroid dienone is 1. The molecule has 0 saturated carbocycles. The molecule has 1 N–H and O–H groups in total. The Morgan fingerprint density at radius 1 is 1.38 bits per heavy atom. The second kappa shape index (κ2) is 4.54. The van der Waals surface area contributed by atoms with Crippen LogP contribution < -0.4 is 5.32 Å². The van der Waals surface area contributed by atoms with Crippen LogP contribution in [-0.2, 0) is 0 Å². The zero-order chi connectivity index (χ0) is 9.68. The number of benzene rings is 1. The van der Waals surface area contributed by atoms with E-state index in [0.29, 0.717) is 5.70 Å². The lowest BCUT2D eigenvalue weighted by Gasteiger charge is -2.05. The molecule has 0 aromatic heterocycles. The Morgan fingerprint density at radius 2 is 2.00 bits per heavy atom. The molecule has 0 bridgehead atoms. The monoisotopic (exact) mass is 192 g/mol. The van der Waals surface area contributed by atoms with Crippen molar-refractivity contribution in [1.29, 1.82) is 5.26 Å². The lowest BCUT2D eigenvalue weighted by molar-refractivity contribution is 1.12. The van der Waals surface area contributed by atoms with Gasteiger partial charge < -0.3 is 5.32 Å². The molecule has 66 valence electrons. The molecule has 0 saturated heterocycles. The van der Waals surface area contributed by atoms with Crippen LogP contribution >= 0.6 is 11.6 Å². The number of nitriles is 1. The first-order chi connectivity index (χ1) is 6.29. The second-order valence-corrected chi connectivity index (χ2v) is 2.79. The van der Waals surface area contributed by atoms with Gasteiger partial charge in [0.1, 0.15) is 11.1 Å². The molecule has 0 unspecified atom stereocenters. The highest BCUT2D eigenvalue weighted by molar-refractivity contribution is 6.34. The normalized spacial score (nSPS) is 11.5. The van der Waals surface area contributed by atoms with Crippen molar-refractivity contribution in [2.75, 3.05) is 7.05 Å². The molecule has 1 aromatic carbocycles. The van der Waals surface area contributed by atoms with Gasteiger partial charge in [-0.1, -0.05) is 41.9 Å². The summed E-state index contributed by atoms with van der Waals surface area (Å²) in [7, 11) is 1.74. The van der Waals surface area contributed by atoms with E-state index in [-0.39, 0.29) is 5.03 Å². The number of hydrogen-bond acceptors (Lipinski definition) is 2. The van der Waals surface area contributed by atoms with E-state index in [1.807, 2.05) is 36.4 Å². The van der Waals surface area contributed by atoms with E-state index in [9.17, 15) is 0 Å². The predicted molar refractivity (Wildman–Crippen MR) is 53.9 cm³/mol. The first-order valence-corrected chi connectivity index (χ1v) is 4.20. The molecule has 0 fully saturated rings. The minimum absolute atomic E-state index is 0.175. The summed E-state index contributed by atoms with van der Waals surface area (Å²) in [6.07, 6.45) is 0. The fourth-order valence-corrected chi connectivity index (χ4v) is 1.25. The van der Waals surface area contributed by atoms with Crippen LogP contribution in [0.5, 0.6) is 0 Å². The van der Waals surface area contributed by atoms with Crippen molar-refractivity contribution in [3.05, 3.63) is 40.9 Å². The zero-order valence-electron chi connectivity index (χ0n) is 7.21. The number of nitrogens with zero attached hydrogens (tertiary/aromatic N) is 1. The highest BCUT2D eigenvalue weighted by Crippen LogP contribution is 2.17. The Morgan fingerprint density at radius 3 is 2.46 bits per heavy atom. The van der Waals surface area contributed by atoms with Gasteiger partial charge in [0.05, 0.1) is 5.70 Å². The molecule has 0 aliphatic heterocycles. The first-order valence-electron chi connectivity index (χ1n) is 3.82. The van der Waals surface area contributed by atoms with Crippen molar-refractivity contribution in [3.63, 3.8) is 0 Å². The summed E-state index contributed by atoms with van der Waals surface area (Å²) < 4.78 is 0. The van der Waals surface area contributed by atoms with Crippen molar-refractivity contribution in [2.45, 2.75) is 0 Å². The zero-order valence-corrected chi connectivity index (χ0v) is 7.97. The van der Waals surface area contributed by atoms with Crippen LogP contribution in [-0.4, -0.2) is 7.05 Å². The van der Waals surface area contributed by atoms with Crippen LogP contribution in [0.1, 0.15) is 5.56 Å². The minimum atomic E-state index is 0.175. The Kier molecular flexibility index (Phi) is 3.36. The summed E-state index contributed by atoms with van der Waals surface area (Å²) in [5.41, 5.74) is 1.57. The maximum atomic E-state index is 8.62. The van der Waals surface area contributed by atoms with E-state index < -0.39 is 0 Å². The molecule has 0 heterocycles. The van der Waals surface area contributed by atoms with E-state index in [4.69, 9.17) is 16.9 Å². The number of hydrogen-bond donors (Lipinski definition) is 1. The van der Waals surface area contributed by atoms with Crippen LogP contribution in [0.4, 0.5) is 0 Å². The van der Waals surface area contributed by atoms with Crippen molar-refractivity contribution < 1.29 is 0 Å². The number of nitrogens with one attached hydrogen (secondary N) is 1. The maximum Gasteiger partial charge on any atom is 0.141 e. The van der Waals surface area contributed by atoms with Gasteiger partial charge in [0.15, 0.2) is 0 Å². The van der Waals surface area contributed by atoms with Crippen LogP contribution in [0.2, 0.25) is 0 Å². The van der Waals surface area contributed by atoms with Gasteiger partial charge >= 0.3 is 0 Å². The Labute approximate surface area is 82.4 Å². The van der Waals surface area contributed by atoms with Crippen molar-refractivity contribution in [1.82, 2.24) is 5.32 Å². The quantitative estimate of drug-likeness (QED) is 0.731. The van der Waals surface area contributed by atoms with Gasteiger partial charge in [0.2, 0.25) is 0 Å². The highest BCUT2D eigenvalue weighted by Gasteiger charge is 2.03. The van der Waals surface area contributed by atoms with Gasteiger partial charge in [-0.2, -0.15) is 5.26 Å². The van der Waals surface area contributed by atoms with Crippen molar-refractivity contribution in [2.24, 2.45) is 0 Å². The van der Waals surface area contributed by atoms with Gasteiger partial charge in [0, 0.05) is 7.05 Å². The van der Waals surface area contributed by atoms with E-state index in [0.717, 1.165) is 5.56 Å². The first kappa shape index (κ1) is 9.63. The summed E-state index contributed by atoms with van der Waals surface area (Å²) in [5.74, 6) is 0. The van der Waals surface area contributed by atoms with Crippen LogP contribution in [0.3, 0.4) is 0 Å². The molecule has 0 aliphatic rings. The summed E-state index contributed by atoms with van der Waals surface area (Å²) in [6.45, 7) is 0. The topological polar surface area (TPSA) is 35.8 Å². The van der Waals surface area contributed by atoms with E-state index in [2.05, 4.69) is 5.32 Å². The summed E-state index contributed by atoms with van der Waals surface area (Å²) >= 11 is 5.72. The molecule has 0 atom stereocenters. The third-order valence-corrected chi connectivity index (χ3v) is 1.90. The Hall–Kier alpha value is -1.46. The van der Waals surface area contributed by atoms with E-state index in [1.54, 1.807) is 7.05 Å². The average Bonchev–Trinajstić information content (AvgIpc) is 2.20. The third-order valence-electron chi connectivity index (χ3n) is 1.63. The molecule has 1 rings (SSSR count). The molecule has 13 heavy (non-hydrogen) atoms. The lowest BCUT2D eigenvalue weighted by Crippen LogP contribution is -2.05. The molecular weight excluding hydrogens is 184 g/mol. The molecular formula is C10H9ClN2. The standard InChI is InChI=1S/C10H9ClN2/c1-13-10(9(11)7-12)8-5-3-2-4-6-8/h2-6,13H,1H3/b10-9+. The minimum Gasteiger partial charge on any atom is -0.386 e. The highest BCUT2D eigenvalue weighted by atomic mass is 35.5. The summed E-state index contributed by atoms with van der Waals surface area (Å²) in [6, 6.07) is 11.4. The lowest BCUT2D eigenvalue weighted by atomic mass is 10.1. The Bertz CT molecular complexity index is 349. The van der Waals surface area contributed by atoms with Crippen LogP contribution in [0, 0.1) is 11.3 Å². The van der Waals surface area contributed by atoms with Gasteiger partial charge in [-0.25, -0.2) is 0 Å². The molecule has 1 aromatic rings. The third kappa shape index (κ3) is 2.24. The fourth-order valence-electron chi connectivity index (χ4n) is 1.04. The van der Waals surface area contributed by atoms with Crippen LogP contribution in [0.25, 0.3) is 5.70 Å². The van der Waals surface area contributed by atoms with E-state index >= 15 is 0 Å². The predicted octanol–water partition coefficient (Wildman–Crippen LogP) is 2.34. The number of rotatable bonds is 2. The van der Waals surface area contributed by atoms with E-state index in [1.165, 1.54) is 0 Å². The van der Waals surface area contributed by atoms with Gasteiger partial charge in [-0.15, -0.1) is 0 Å². The maximum absolute atomic E-state index is 8.62. The van der Waals surface area contributed by atoms with Gasteiger partial charge in [-0.3, -0.25) is 0 Å². The largest absolute Gasteiger partial charge is 0.386 e. The molecule has 2 nitrogen and oxygen atoms in total. The van der Waals surface area contributed by atoms with Crippen LogP contribution in [0.15, 0.2) is 35.4 Å². The average molecular weight is 193 g/mol. The smallest absolute Gasteiger partial charge is 0.141 e. The molecule has 0 spiro atoms. The van der Waals surface area contributed by atoms with Gasteiger partial charge in [0.25, 0.3) is 0 Å².